The van der Waals surface area contributed by atoms with Crippen molar-refractivity contribution in [1.29, 1.82) is 0 Å². The fourth-order valence-electron chi connectivity index (χ4n) is 4.16. The van der Waals surface area contributed by atoms with Crippen molar-refractivity contribution in [3.8, 4) is 0 Å². The van der Waals surface area contributed by atoms with Crippen molar-refractivity contribution in [3.63, 3.8) is 0 Å². The Morgan fingerprint density at radius 2 is 2.03 bits per heavy atom. The molecule has 162 valence electrons. The average molecular weight is 415 g/mol. The van der Waals surface area contributed by atoms with Gasteiger partial charge in [0.1, 0.15) is 12.1 Å². The van der Waals surface area contributed by atoms with Crippen LogP contribution in [0.5, 0.6) is 0 Å². The third-order valence-electron chi connectivity index (χ3n) is 6.12. The Morgan fingerprint density at radius 1 is 1.30 bits per heavy atom. The predicted octanol–water partition coefficient (Wildman–Crippen LogP) is 2.67. The van der Waals surface area contributed by atoms with Crippen LogP contribution >= 0.6 is 0 Å². The van der Waals surface area contributed by atoms with Crippen LogP contribution in [0, 0.1) is 19.8 Å². The molecule has 1 saturated heterocycles. The molecule has 1 aliphatic carbocycles. The summed E-state index contributed by atoms with van der Waals surface area (Å²) >= 11 is 0. The number of imide groups is 1. The van der Waals surface area contributed by atoms with Gasteiger partial charge in [-0.15, -0.1) is 0 Å². The SMILES string of the molecule is Cc1ccc(C)c(NC(=O)[C@H](C)OC(=O)CN2C(=O)N[C@@]3(CCCC[C@@H]3C)C2=O)c1. The molecule has 2 fully saturated rings. The summed E-state index contributed by atoms with van der Waals surface area (Å²) in [6.07, 6.45) is 2.21. The molecule has 0 unspecified atom stereocenters. The Morgan fingerprint density at radius 3 is 2.73 bits per heavy atom. The molecule has 1 heterocycles. The molecule has 1 aliphatic heterocycles. The standard InChI is InChI=1S/C22H29N3O5/c1-13-8-9-14(2)17(11-13)23-19(27)16(4)30-18(26)12-25-20(28)22(24-21(25)29)10-6-5-7-15(22)3/h8-9,11,15-16H,5-7,10,12H2,1-4H3,(H,23,27)(H,24,29)/t15-,16-,22+/m0/s1. The Kier molecular flexibility index (Phi) is 6.14. The van der Waals surface area contributed by atoms with E-state index >= 15 is 0 Å². The summed E-state index contributed by atoms with van der Waals surface area (Å²) in [4.78, 5) is 51.0. The van der Waals surface area contributed by atoms with Gasteiger partial charge in [-0.1, -0.05) is 31.9 Å². The lowest BCUT2D eigenvalue weighted by Crippen LogP contribution is -2.54. The topological polar surface area (TPSA) is 105 Å². The molecule has 8 heteroatoms. The van der Waals surface area contributed by atoms with E-state index in [1.807, 2.05) is 39.0 Å². The minimum absolute atomic E-state index is 0.00555. The van der Waals surface area contributed by atoms with Crippen LogP contribution in [0.3, 0.4) is 0 Å². The highest BCUT2D eigenvalue weighted by molar-refractivity contribution is 6.09. The number of urea groups is 1. The van der Waals surface area contributed by atoms with Crippen LogP contribution < -0.4 is 10.6 Å². The Balaban J connectivity index is 1.59. The van der Waals surface area contributed by atoms with Crippen LogP contribution in [0.4, 0.5) is 10.5 Å². The van der Waals surface area contributed by atoms with Gasteiger partial charge in [0.25, 0.3) is 11.8 Å². The Labute approximate surface area is 176 Å². The second kappa shape index (κ2) is 8.45. The minimum Gasteiger partial charge on any atom is -0.451 e. The van der Waals surface area contributed by atoms with Crippen LogP contribution in [0.1, 0.15) is 50.7 Å². The molecule has 3 atom stereocenters. The normalized spacial score (nSPS) is 24.5. The van der Waals surface area contributed by atoms with Crippen molar-refractivity contribution in [1.82, 2.24) is 10.2 Å². The lowest BCUT2D eigenvalue weighted by Gasteiger charge is -2.36. The number of rotatable bonds is 5. The molecule has 30 heavy (non-hydrogen) atoms. The molecule has 8 nitrogen and oxygen atoms in total. The zero-order valence-corrected chi connectivity index (χ0v) is 17.9. The van der Waals surface area contributed by atoms with Crippen LogP contribution in [0.25, 0.3) is 0 Å². The second-order valence-electron chi connectivity index (χ2n) is 8.38. The Bertz CT molecular complexity index is 884. The highest BCUT2D eigenvalue weighted by atomic mass is 16.5. The number of anilines is 1. The monoisotopic (exact) mass is 415 g/mol. The lowest BCUT2D eigenvalue weighted by molar-refractivity contribution is -0.155. The molecule has 4 amide bonds. The van der Waals surface area contributed by atoms with Gasteiger partial charge in [-0.3, -0.25) is 19.3 Å². The molecule has 3 rings (SSSR count). The van der Waals surface area contributed by atoms with Gasteiger partial charge in [0.05, 0.1) is 0 Å². The first-order chi connectivity index (χ1) is 14.1. The average Bonchev–Trinajstić information content (AvgIpc) is 2.92. The van der Waals surface area contributed by atoms with Gasteiger partial charge in [-0.05, 0) is 56.7 Å². The third kappa shape index (κ3) is 4.17. The number of carbonyl (C=O) groups is 4. The van der Waals surface area contributed by atoms with Crippen LogP contribution in [0.15, 0.2) is 18.2 Å². The van der Waals surface area contributed by atoms with Crippen molar-refractivity contribution >= 4 is 29.5 Å². The number of nitrogens with one attached hydrogen (secondary N) is 2. The smallest absolute Gasteiger partial charge is 0.327 e. The van der Waals surface area contributed by atoms with Crippen LogP contribution in [0.2, 0.25) is 0 Å². The van der Waals surface area contributed by atoms with E-state index < -0.39 is 36.1 Å². The van der Waals surface area contributed by atoms with E-state index in [-0.39, 0.29) is 11.8 Å². The fraction of sp³-hybridized carbons (Fsp3) is 0.545. The highest BCUT2D eigenvalue weighted by Gasteiger charge is 2.55. The molecule has 1 saturated carbocycles. The van der Waals surface area contributed by atoms with E-state index in [2.05, 4.69) is 10.6 Å². The van der Waals surface area contributed by atoms with Gasteiger partial charge in [0, 0.05) is 5.69 Å². The molecule has 0 aromatic heterocycles. The molecule has 1 aromatic carbocycles. The first-order valence-electron chi connectivity index (χ1n) is 10.4. The summed E-state index contributed by atoms with van der Waals surface area (Å²) in [5.41, 5.74) is 1.59. The summed E-state index contributed by atoms with van der Waals surface area (Å²) < 4.78 is 5.19. The quantitative estimate of drug-likeness (QED) is 0.568. The van der Waals surface area contributed by atoms with Gasteiger partial charge < -0.3 is 15.4 Å². The summed E-state index contributed by atoms with van der Waals surface area (Å²) in [5.74, 6) is -1.66. The molecule has 2 N–H and O–H groups in total. The molecule has 0 radical (unpaired) electrons. The number of hydrogen-bond donors (Lipinski definition) is 2. The van der Waals surface area contributed by atoms with Gasteiger partial charge in [0.2, 0.25) is 0 Å². The van der Waals surface area contributed by atoms with Crippen LogP contribution in [-0.2, 0) is 19.1 Å². The van der Waals surface area contributed by atoms with E-state index in [0.717, 1.165) is 35.3 Å². The highest BCUT2D eigenvalue weighted by Crippen LogP contribution is 2.38. The first kappa shape index (κ1) is 21.8. The van der Waals surface area contributed by atoms with Gasteiger partial charge >= 0.3 is 12.0 Å². The van der Waals surface area contributed by atoms with Crippen molar-refractivity contribution in [2.75, 3.05) is 11.9 Å². The van der Waals surface area contributed by atoms with Crippen molar-refractivity contribution in [2.24, 2.45) is 5.92 Å². The number of carbonyl (C=O) groups excluding carboxylic acids is 4. The summed E-state index contributed by atoms with van der Waals surface area (Å²) in [7, 11) is 0. The summed E-state index contributed by atoms with van der Waals surface area (Å²) in [6.45, 7) is 6.66. The number of esters is 1. The number of ether oxygens (including phenoxy) is 1. The maximum absolute atomic E-state index is 12.9. The second-order valence-corrected chi connectivity index (χ2v) is 8.38. The molecule has 0 bridgehead atoms. The fourth-order valence-corrected chi connectivity index (χ4v) is 4.16. The zero-order valence-electron chi connectivity index (χ0n) is 17.9. The minimum atomic E-state index is -1.07. The molecular weight excluding hydrogens is 386 g/mol. The number of aryl methyl sites for hydroxylation is 2. The summed E-state index contributed by atoms with van der Waals surface area (Å²) in [5, 5.41) is 5.54. The van der Waals surface area contributed by atoms with E-state index in [0.29, 0.717) is 12.1 Å². The van der Waals surface area contributed by atoms with Crippen molar-refractivity contribution in [2.45, 2.75) is 65.0 Å². The van der Waals surface area contributed by atoms with Crippen LogP contribution in [-0.4, -0.2) is 46.9 Å². The number of nitrogens with zero attached hydrogens (tertiary/aromatic N) is 1. The largest absolute Gasteiger partial charge is 0.451 e. The zero-order chi connectivity index (χ0) is 22.1. The maximum Gasteiger partial charge on any atom is 0.327 e. The third-order valence-corrected chi connectivity index (χ3v) is 6.12. The Hall–Kier alpha value is -2.90. The van der Waals surface area contributed by atoms with Gasteiger partial charge in [-0.2, -0.15) is 0 Å². The molecular formula is C22H29N3O5. The molecule has 2 aliphatic rings. The van der Waals surface area contributed by atoms with Gasteiger partial charge in [0.15, 0.2) is 6.10 Å². The first-order valence-corrected chi connectivity index (χ1v) is 10.4. The van der Waals surface area contributed by atoms with E-state index in [1.54, 1.807) is 0 Å². The number of benzene rings is 1. The lowest BCUT2D eigenvalue weighted by atomic mass is 9.73. The molecule has 1 aromatic rings. The van der Waals surface area contributed by atoms with Crippen molar-refractivity contribution < 1.29 is 23.9 Å². The van der Waals surface area contributed by atoms with E-state index in [1.165, 1.54) is 6.92 Å². The number of amides is 4. The van der Waals surface area contributed by atoms with E-state index in [4.69, 9.17) is 4.74 Å². The predicted molar refractivity (Wildman–Crippen MR) is 111 cm³/mol. The van der Waals surface area contributed by atoms with E-state index in [9.17, 15) is 19.2 Å². The van der Waals surface area contributed by atoms with Gasteiger partial charge in [-0.25, -0.2) is 4.79 Å². The maximum atomic E-state index is 12.9. The van der Waals surface area contributed by atoms with Crippen molar-refractivity contribution in [3.05, 3.63) is 29.3 Å². The molecule has 1 spiro atoms. The summed E-state index contributed by atoms with van der Waals surface area (Å²) in [6, 6.07) is 5.08. The number of hydrogen-bond acceptors (Lipinski definition) is 5.